The lowest BCUT2D eigenvalue weighted by molar-refractivity contribution is 0.00654. The van der Waals surface area contributed by atoms with Gasteiger partial charge in [-0.15, -0.1) is 0 Å². The molecule has 0 saturated heterocycles. The van der Waals surface area contributed by atoms with Crippen molar-refractivity contribution in [3.05, 3.63) is 45.8 Å². The van der Waals surface area contributed by atoms with E-state index in [-0.39, 0.29) is 5.56 Å². The number of ether oxygens (including phenoxy) is 1. The van der Waals surface area contributed by atoms with Crippen molar-refractivity contribution in [1.29, 1.82) is 0 Å². The van der Waals surface area contributed by atoms with Crippen LogP contribution in [0.1, 0.15) is 36.7 Å². The molecule has 0 unspecified atom stereocenters. The molecule has 4 heteroatoms. The first-order chi connectivity index (χ1) is 8.76. The zero-order chi connectivity index (χ0) is 14.2. The molecule has 0 aliphatic rings. The third kappa shape index (κ3) is 3.02. The highest BCUT2D eigenvalue weighted by Crippen LogP contribution is 2.17. The van der Waals surface area contributed by atoms with Crippen LogP contribution in [0.4, 0.5) is 0 Å². The van der Waals surface area contributed by atoms with Gasteiger partial charge in [0.15, 0.2) is 0 Å². The van der Waals surface area contributed by atoms with Gasteiger partial charge in [0.25, 0.3) is 0 Å². The second kappa shape index (κ2) is 4.53. The lowest BCUT2D eigenvalue weighted by Crippen LogP contribution is -2.27. The van der Waals surface area contributed by atoms with E-state index in [4.69, 9.17) is 9.15 Å². The fraction of sp³-hybridized carbons (Fsp3) is 0.333. The molecule has 2 rings (SSSR count). The Morgan fingerprint density at radius 3 is 2.53 bits per heavy atom. The van der Waals surface area contributed by atoms with Crippen LogP contribution in [0.15, 0.2) is 33.5 Å². The average molecular weight is 260 g/mol. The molecule has 0 atom stereocenters. The van der Waals surface area contributed by atoms with Crippen LogP contribution < -0.4 is 5.63 Å². The fourth-order valence-electron chi connectivity index (χ4n) is 1.69. The van der Waals surface area contributed by atoms with Gasteiger partial charge < -0.3 is 9.15 Å². The Kier molecular flexibility index (Phi) is 3.18. The normalized spacial score (nSPS) is 11.6. The Bertz CT molecular complexity index is 689. The van der Waals surface area contributed by atoms with Crippen molar-refractivity contribution < 1.29 is 13.9 Å². The number of fused-ring (bicyclic) bond motifs is 1. The highest BCUT2D eigenvalue weighted by atomic mass is 16.6. The predicted molar refractivity (Wildman–Crippen MR) is 72.4 cm³/mol. The van der Waals surface area contributed by atoms with Crippen molar-refractivity contribution in [3.8, 4) is 0 Å². The predicted octanol–water partition coefficient (Wildman–Crippen LogP) is 3.06. The minimum atomic E-state index is -0.674. The second-order valence-corrected chi connectivity index (χ2v) is 5.49. The summed E-state index contributed by atoms with van der Waals surface area (Å²) in [4.78, 5) is 23.7. The number of esters is 1. The zero-order valence-corrected chi connectivity index (χ0v) is 11.4. The van der Waals surface area contributed by atoms with E-state index in [9.17, 15) is 9.59 Å². The van der Waals surface area contributed by atoms with Gasteiger partial charge in [0.05, 0.1) is 0 Å². The maximum absolute atomic E-state index is 11.9. The molecule has 4 nitrogen and oxygen atoms in total. The largest absolute Gasteiger partial charge is 0.456 e. The summed E-state index contributed by atoms with van der Waals surface area (Å²) < 4.78 is 10.3. The van der Waals surface area contributed by atoms with Crippen molar-refractivity contribution in [1.82, 2.24) is 0 Å². The van der Waals surface area contributed by atoms with E-state index in [2.05, 4.69) is 0 Å². The smallest absolute Gasteiger partial charge is 0.351 e. The van der Waals surface area contributed by atoms with E-state index in [0.29, 0.717) is 11.0 Å². The SMILES string of the molecule is Cc1ccc2cc(C(=O)OC(C)(C)C)c(=O)oc2c1. The van der Waals surface area contributed by atoms with Gasteiger partial charge in [-0.1, -0.05) is 12.1 Å². The minimum Gasteiger partial charge on any atom is -0.456 e. The third-order valence-corrected chi connectivity index (χ3v) is 2.51. The van der Waals surface area contributed by atoms with Gasteiger partial charge in [0.2, 0.25) is 0 Å². The lowest BCUT2D eigenvalue weighted by atomic mass is 10.1. The fourth-order valence-corrected chi connectivity index (χ4v) is 1.69. The molecule has 1 heterocycles. The molecule has 0 fully saturated rings. The number of benzene rings is 1. The van der Waals surface area contributed by atoms with Crippen LogP contribution in [0.5, 0.6) is 0 Å². The Hall–Kier alpha value is -2.10. The number of carbonyl (C=O) groups excluding carboxylic acids is 1. The first kappa shape index (κ1) is 13.3. The molecule has 0 amide bonds. The lowest BCUT2D eigenvalue weighted by Gasteiger charge is -2.19. The van der Waals surface area contributed by atoms with Crippen molar-refractivity contribution in [2.45, 2.75) is 33.3 Å². The van der Waals surface area contributed by atoms with Gasteiger partial charge in [0, 0.05) is 5.39 Å². The molecular formula is C15H16O4. The summed E-state index contributed by atoms with van der Waals surface area (Å²) in [6.07, 6.45) is 0. The molecule has 0 aliphatic carbocycles. The Morgan fingerprint density at radius 2 is 1.89 bits per heavy atom. The first-order valence-corrected chi connectivity index (χ1v) is 6.04. The summed E-state index contributed by atoms with van der Waals surface area (Å²) in [5.41, 5.74) is 0.0581. The molecule has 19 heavy (non-hydrogen) atoms. The van der Waals surface area contributed by atoms with E-state index in [1.54, 1.807) is 26.8 Å². The van der Waals surface area contributed by atoms with Crippen LogP contribution in [-0.2, 0) is 4.74 Å². The van der Waals surface area contributed by atoms with Gasteiger partial charge in [-0.05, 0) is 45.4 Å². The third-order valence-electron chi connectivity index (χ3n) is 2.51. The van der Waals surface area contributed by atoms with Crippen molar-refractivity contribution in [3.63, 3.8) is 0 Å². The summed E-state index contributed by atoms with van der Waals surface area (Å²) >= 11 is 0. The maximum Gasteiger partial charge on any atom is 0.351 e. The van der Waals surface area contributed by atoms with Gasteiger partial charge in [0.1, 0.15) is 16.7 Å². The standard InChI is InChI=1S/C15H16O4/c1-9-5-6-10-8-11(13(16)18-12(10)7-9)14(17)19-15(2,3)4/h5-8H,1-4H3. The number of carbonyl (C=O) groups is 1. The summed E-state index contributed by atoms with van der Waals surface area (Å²) in [5, 5.41) is 0.700. The van der Waals surface area contributed by atoms with Gasteiger partial charge in [-0.2, -0.15) is 0 Å². The highest BCUT2D eigenvalue weighted by Gasteiger charge is 2.21. The second-order valence-electron chi connectivity index (χ2n) is 5.49. The Balaban J connectivity index is 2.50. The average Bonchev–Trinajstić information content (AvgIpc) is 2.25. The molecule has 100 valence electrons. The summed E-state index contributed by atoms with van der Waals surface area (Å²) in [7, 11) is 0. The van der Waals surface area contributed by atoms with Gasteiger partial charge in [-0.25, -0.2) is 9.59 Å². The molecular weight excluding hydrogens is 244 g/mol. The summed E-state index contributed by atoms with van der Waals surface area (Å²) in [5.74, 6) is -0.663. The first-order valence-electron chi connectivity index (χ1n) is 6.04. The van der Waals surface area contributed by atoms with Crippen LogP contribution in [0, 0.1) is 6.92 Å². The number of hydrogen-bond donors (Lipinski definition) is 0. The zero-order valence-electron chi connectivity index (χ0n) is 11.4. The molecule has 0 aliphatic heterocycles. The summed E-state index contributed by atoms with van der Waals surface area (Å²) in [6, 6.07) is 6.97. The molecule has 0 N–H and O–H groups in total. The minimum absolute atomic E-state index is 0.0775. The van der Waals surface area contributed by atoms with Crippen molar-refractivity contribution in [2.75, 3.05) is 0 Å². The molecule has 0 saturated carbocycles. The molecule has 0 radical (unpaired) electrons. The maximum atomic E-state index is 11.9. The van der Waals surface area contributed by atoms with Gasteiger partial charge >= 0.3 is 11.6 Å². The number of aryl methyl sites for hydroxylation is 1. The van der Waals surface area contributed by atoms with Crippen LogP contribution in [0.2, 0.25) is 0 Å². The van der Waals surface area contributed by atoms with Crippen LogP contribution in [0.3, 0.4) is 0 Å². The van der Waals surface area contributed by atoms with Crippen LogP contribution in [-0.4, -0.2) is 11.6 Å². The van der Waals surface area contributed by atoms with E-state index in [0.717, 1.165) is 5.56 Å². The molecule has 0 bridgehead atoms. The van der Waals surface area contributed by atoms with E-state index >= 15 is 0 Å². The van der Waals surface area contributed by atoms with E-state index in [1.165, 1.54) is 6.07 Å². The van der Waals surface area contributed by atoms with Crippen molar-refractivity contribution in [2.24, 2.45) is 0 Å². The topological polar surface area (TPSA) is 56.5 Å². The molecule has 0 spiro atoms. The number of rotatable bonds is 1. The highest BCUT2D eigenvalue weighted by molar-refractivity contribution is 5.93. The monoisotopic (exact) mass is 260 g/mol. The number of hydrogen-bond acceptors (Lipinski definition) is 4. The van der Waals surface area contributed by atoms with Crippen molar-refractivity contribution >= 4 is 16.9 Å². The van der Waals surface area contributed by atoms with Crippen LogP contribution in [0.25, 0.3) is 11.0 Å². The molecule has 1 aromatic carbocycles. The van der Waals surface area contributed by atoms with E-state index in [1.807, 2.05) is 19.1 Å². The van der Waals surface area contributed by atoms with Gasteiger partial charge in [-0.3, -0.25) is 0 Å². The van der Waals surface area contributed by atoms with Crippen LogP contribution >= 0.6 is 0 Å². The quantitative estimate of drug-likeness (QED) is 0.584. The molecule has 1 aromatic heterocycles. The van der Waals surface area contributed by atoms with E-state index < -0.39 is 17.2 Å². The Morgan fingerprint density at radius 1 is 1.21 bits per heavy atom. The Labute approximate surface area is 111 Å². The summed E-state index contributed by atoms with van der Waals surface area (Å²) in [6.45, 7) is 7.14. The molecule has 2 aromatic rings.